The van der Waals surface area contributed by atoms with E-state index in [1.165, 1.54) is 6.21 Å². The Balaban J connectivity index is 1.54. The van der Waals surface area contributed by atoms with Crippen LogP contribution < -0.4 is 19.6 Å². The van der Waals surface area contributed by atoms with Crippen LogP contribution in [0.25, 0.3) is 0 Å². The molecule has 0 atom stereocenters. The average Bonchev–Trinajstić information content (AvgIpc) is 3.01. The Morgan fingerprint density at radius 1 is 1.28 bits per heavy atom. The van der Waals surface area contributed by atoms with Crippen LogP contribution in [0.4, 0.5) is 0 Å². The predicted molar refractivity (Wildman–Crippen MR) is 97.4 cm³/mol. The summed E-state index contributed by atoms with van der Waals surface area (Å²) in [6.45, 7) is 4.04. The molecule has 0 aromatic heterocycles. The second-order valence-electron chi connectivity index (χ2n) is 5.58. The van der Waals surface area contributed by atoms with E-state index >= 15 is 0 Å². The number of rotatable bonds is 5. The zero-order valence-corrected chi connectivity index (χ0v) is 15.4. The van der Waals surface area contributed by atoms with Gasteiger partial charge in [-0.1, -0.05) is 17.7 Å². The Labute approximate surface area is 153 Å². The monoisotopic (exact) mass is 404 g/mol. The first-order valence-corrected chi connectivity index (χ1v) is 8.43. The molecule has 1 aliphatic rings. The third-order valence-electron chi connectivity index (χ3n) is 3.57. The largest absolute Gasteiger partial charge is 0.483 e. The Hall–Kier alpha value is -2.54. The number of fused-ring (bicyclic) bond motifs is 1. The van der Waals surface area contributed by atoms with Gasteiger partial charge in [-0.15, -0.1) is 0 Å². The van der Waals surface area contributed by atoms with E-state index in [4.69, 9.17) is 14.2 Å². The number of amides is 1. The molecule has 7 heteroatoms. The highest BCUT2D eigenvalue weighted by molar-refractivity contribution is 9.10. The fourth-order valence-electron chi connectivity index (χ4n) is 2.34. The van der Waals surface area contributed by atoms with Crippen LogP contribution in [-0.4, -0.2) is 25.5 Å². The van der Waals surface area contributed by atoms with E-state index in [1.54, 1.807) is 12.1 Å². The second kappa shape index (κ2) is 7.57. The zero-order valence-electron chi connectivity index (χ0n) is 13.8. The third-order valence-corrected chi connectivity index (χ3v) is 4.26. The molecule has 0 aliphatic carbocycles. The van der Waals surface area contributed by atoms with Gasteiger partial charge in [0.1, 0.15) is 5.75 Å². The van der Waals surface area contributed by atoms with E-state index in [1.807, 2.05) is 32.0 Å². The lowest BCUT2D eigenvalue weighted by molar-refractivity contribution is -0.123. The fraction of sp³-hybridized carbons (Fsp3) is 0.222. The SMILES string of the molecule is Cc1ccc(OCC(=O)N/N=C\c2cc3c(cc2Br)OCO3)c(C)c1. The van der Waals surface area contributed by atoms with Crippen LogP contribution in [0.1, 0.15) is 16.7 Å². The van der Waals surface area contributed by atoms with Crippen molar-refractivity contribution in [2.75, 3.05) is 13.4 Å². The summed E-state index contributed by atoms with van der Waals surface area (Å²) in [6, 6.07) is 9.38. The van der Waals surface area contributed by atoms with E-state index in [0.29, 0.717) is 17.2 Å². The average molecular weight is 405 g/mol. The maximum atomic E-state index is 11.9. The second-order valence-corrected chi connectivity index (χ2v) is 6.43. The number of hydrogen-bond donors (Lipinski definition) is 1. The number of halogens is 1. The molecule has 25 heavy (non-hydrogen) atoms. The van der Waals surface area contributed by atoms with Gasteiger partial charge >= 0.3 is 0 Å². The highest BCUT2D eigenvalue weighted by Crippen LogP contribution is 2.36. The number of hydrogen-bond acceptors (Lipinski definition) is 5. The molecule has 0 fully saturated rings. The van der Waals surface area contributed by atoms with Gasteiger partial charge < -0.3 is 14.2 Å². The quantitative estimate of drug-likeness (QED) is 0.612. The number of ether oxygens (including phenoxy) is 3. The minimum absolute atomic E-state index is 0.108. The highest BCUT2D eigenvalue weighted by atomic mass is 79.9. The highest BCUT2D eigenvalue weighted by Gasteiger charge is 2.15. The number of carbonyl (C=O) groups is 1. The summed E-state index contributed by atoms with van der Waals surface area (Å²) in [5, 5.41) is 3.95. The van der Waals surface area contributed by atoms with Crippen molar-refractivity contribution in [3.63, 3.8) is 0 Å². The zero-order chi connectivity index (χ0) is 17.8. The minimum Gasteiger partial charge on any atom is -0.483 e. The first-order chi connectivity index (χ1) is 12.0. The summed E-state index contributed by atoms with van der Waals surface area (Å²) in [5.41, 5.74) is 5.34. The normalized spacial score (nSPS) is 12.4. The van der Waals surface area contributed by atoms with Crippen molar-refractivity contribution in [2.24, 2.45) is 5.10 Å². The lowest BCUT2D eigenvalue weighted by atomic mass is 10.1. The summed E-state index contributed by atoms with van der Waals surface area (Å²) in [7, 11) is 0. The first-order valence-electron chi connectivity index (χ1n) is 7.64. The van der Waals surface area contributed by atoms with Gasteiger partial charge in [-0.2, -0.15) is 5.10 Å². The fourth-order valence-corrected chi connectivity index (χ4v) is 2.77. The molecule has 0 unspecified atom stereocenters. The van der Waals surface area contributed by atoms with Gasteiger partial charge in [0.2, 0.25) is 6.79 Å². The standard InChI is InChI=1S/C18H17BrN2O4/c1-11-3-4-15(12(2)5-11)23-9-18(22)21-20-8-13-6-16-17(7-14(13)19)25-10-24-16/h3-8H,9-10H2,1-2H3,(H,21,22)/b20-8-. The van der Waals surface area contributed by atoms with Crippen molar-refractivity contribution in [3.8, 4) is 17.2 Å². The number of hydrazone groups is 1. The maximum Gasteiger partial charge on any atom is 0.277 e. The van der Waals surface area contributed by atoms with E-state index in [0.717, 1.165) is 21.2 Å². The first kappa shape index (κ1) is 17.3. The summed E-state index contributed by atoms with van der Waals surface area (Å²) in [4.78, 5) is 11.9. The van der Waals surface area contributed by atoms with Gasteiger partial charge in [0.15, 0.2) is 18.1 Å². The molecule has 130 valence electrons. The summed E-state index contributed by atoms with van der Waals surface area (Å²) >= 11 is 3.43. The van der Waals surface area contributed by atoms with Crippen LogP contribution in [0.15, 0.2) is 39.9 Å². The van der Waals surface area contributed by atoms with E-state index in [2.05, 4.69) is 26.5 Å². The van der Waals surface area contributed by atoms with Gasteiger partial charge in [0, 0.05) is 10.0 Å². The molecule has 0 saturated carbocycles. The molecule has 0 saturated heterocycles. The number of nitrogens with zero attached hydrogens (tertiary/aromatic N) is 1. The number of nitrogens with one attached hydrogen (secondary N) is 1. The molecule has 1 amide bonds. The van der Waals surface area contributed by atoms with Crippen LogP contribution >= 0.6 is 15.9 Å². The van der Waals surface area contributed by atoms with Gasteiger partial charge in [-0.25, -0.2) is 5.43 Å². The molecule has 0 radical (unpaired) electrons. The van der Waals surface area contributed by atoms with Crippen LogP contribution in [0.5, 0.6) is 17.2 Å². The van der Waals surface area contributed by atoms with E-state index < -0.39 is 0 Å². The molecule has 3 rings (SSSR count). The molecule has 2 aromatic rings. The molecule has 1 aliphatic heterocycles. The van der Waals surface area contributed by atoms with Crippen molar-refractivity contribution in [1.82, 2.24) is 5.43 Å². The van der Waals surface area contributed by atoms with Crippen molar-refractivity contribution in [1.29, 1.82) is 0 Å². The number of aryl methyl sites for hydroxylation is 2. The lowest BCUT2D eigenvalue weighted by Gasteiger charge is -2.08. The topological polar surface area (TPSA) is 69.2 Å². The van der Waals surface area contributed by atoms with Crippen LogP contribution in [0.3, 0.4) is 0 Å². The van der Waals surface area contributed by atoms with Crippen molar-refractivity contribution in [3.05, 3.63) is 51.5 Å². The predicted octanol–water partition coefficient (Wildman–Crippen LogP) is 3.32. The number of carbonyl (C=O) groups excluding carboxylic acids is 1. The van der Waals surface area contributed by atoms with Crippen LogP contribution in [0, 0.1) is 13.8 Å². The number of benzene rings is 2. The van der Waals surface area contributed by atoms with Gasteiger partial charge in [0.25, 0.3) is 5.91 Å². The van der Waals surface area contributed by atoms with Crippen molar-refractivity contribution in [2.45, 2.75) is 13.8 Å². The van der Waals surface area contributed by atoms with Crippen molar-refractivity contribution >= 4 is 28.1 Å². The Kier molecular flexibility index (Phi) is 5.23. The molecule has 0 spiro atoms. The summed E-state index contributed by atoms with van der Waals surface area (Å²) in [6.07, 6.45) is 1.53. The molecular formula is C18H17BrN2O4. The van der Waals surface area contributed by atoms with Gasteiger partial charge in [-0.3, -0.25) is 4.79 Å². The molecule has 2 aromatic carbocycles. The molecule has 1 heterocycles. The molecule has 1 N–H and O–H groups in total. The van der Waals surface area contributed by atoms with Gasteiger partial charge in [0.05, 0.1) is 6.21 Å². The Morgan fingerprint density at radius 2 is 2.04 bits per heavy atom. The molecule has 0 bridgehead atoms. The minimum atomic E-state index is -0.340. The van der Waals surface area contributed by atoms with Crippen LogP contribution in [-0.2, 0) is 4.79 Å². The Bertz CT molecular complexity index is 836. The lowest BCUT2D eigenvalue weighted by Crippen LogP contribution is -2.24. The van der Waals surface area contributed by atoms with Gasteiger partial charge in [-0.05, 0) is 53.5 Å². The van der Waals surface area contributed by atoms with Crippen LogP contribution in [0.2, 0.25) is 0 Å². The summed E-state index contributed by atoms with van der Waals surface area (Å²) < 4.78 is 16.9. The van der Waals surface area contributed by atoms with Crippen molar-refractivity contribution < 1.29 is 19.0 Å². The molecule has 6 nitrogen and oxygen atoms in total. The van der Waals surface area contributed by atoms with E-state index in [-0.39, 0.29) is 19.3 Å². The smallest absolute Gasteiger partial charge is 0.277 e. The van der Waals surface area contributed by atoms with E-state index in [9.17, 15) is 4.79 Å². The Morgan fingerprint density at radius 3 is 2.80 bits per heavy atom. The summed E-state index contributed by atoms with van der Waals surface area (Å²) in [5.74, 6) is 1.67. The third kappa shape index (κ3) is 4.30. The molecular weight excluding hydrogens is 388 g/mol. The maximum absolute atomic E-state index is 11.9.